The van der Waals surface area contributed by atoms with Gasteiger partial charge in [-0.25, -0.2) is 0 Å². The average Bonchev–Trinajstić information content (AvgIpc) is 3.26. The summed E-state index contributed by atoms with van der Waals surface area (Å²) >= 11 is 0. The van der Waals surface area contributed by atoms with E-state index in [1.54, 1.807) is 4.80 Å². The highest BCUT2D eigenvalue weighted by Crippen LogP contribution is 2.33. The minimum atomic E-state index is -0.659. The normalized spacial score (nSPS) is 14.3. The monoisotopic (exact) mass is 384 g/mol. The van der Waals surface area contributed by atoms with E-state index in [0.29, 0.717) is 12.4 Å². The summed E-state index contributed by atoms with van der Waals surface area (Å²) in [5.41, 5.74) is 8.08. The third-order valence-corrected chi connectivity index (χ3v) is 4.54. The highest BCUT2D eigenvalue weighted by atomic mass is 35.5. The van der Waals surface area contributed by atoms with E-state index in [2.05, 4.69) is 20.7 Å². The number of carbonyl (C=O) groups excluding carboxylic acids is 1. The lowest BCUT2D eigenvalue weighted by Gasteiger charge is -2.10. The molecule has 1 fully saturated rings. The van der Waals surface area contributed by atoms with Gasteiger partial charge in [-0.2, -0.15) is 4.80 Å². The molecule has 2 aromatic carbocycles. The predicted molar refractivity (Wildman–Crippen MR) is 105 cm³/mol. The molecule has 0 saturated heterocycles. The zero-order valence-corrected chi connectivity index (χ0v) is 15.5. The van der Waals surface area contributed by atoms with Gasteiger partial charge < -0.3 is 11.1 Å². The van der Waals surface area contributed by atoms with Gasteiger partial charge in [-0.05, 0) is 42.2 Å². The summed E-state index contributed by atoms with van der Waals surface area (Å²) in [6, 6.07) is 17.5. The minimum Gasteiger partial charge on any atom is -0.324 e. The number of nitrogens with two attached hydrogens (primary N) is 1. The summed E-state index contributed by atoms with van der Waals surface area (Å²) in [7, 11) is 0. The standard InChI is InChI=1S/C19H20N6O.ClH/c20-19(11-12-19)18(26)21-16-8-6-14(7-9-16)10-13-25-23-17(22-24-25)15-4-2-1-3-5-15;/h1-9H,10-13,20H2,(H,21,26);1H. The second-order valence-corrected chi connectivity index (χ2v) is 6.63. The van der Waals surface area contributed by atoms with Crippen molar-refractivity contribution in [1.82, 2.24) is 20.2 Å². The number of amides is 1. The number of aromatic nitrogens is 4. The van der Waals surface area contributed by atoms with E-state index in [4.69, 9.17) is 5.73 Å². The number of hydrogen-bond donors (Lipinski definition) is 2. The van der Waals surface area contributed by atoms with Crippen molar-refractivity contribution in [1.29, 1.82) is 0 Å². The lowest BCUT2D eigenvalue weighted by Crippen LogP contribution is -2.37. The van der Waals surface area contributed by atoms with Crippen LogP contribution in [0.5, 0.6) is 0 Å². The van der Waals surface area contributed by atoms with Gasteiger partial charge in [-0.15, -0.1) is 22.6 Å². The van der Waals surface area contributed by atoms with E-state index >= 15 is 0 Å². The van der Waals surface area contributed by atoms with Gasteiger partial charge in [0, 0.05) is 11.3 Å². The molecule has 1 saturated carbocycles. The van der Waals surface area contributed by atoms with Crippen LogP contribution in [-0.2, 0) is 17.8 Å². The molecule has 1 aliphatic rings. The Hall–Kier alpha value is -2.77. The molecule has 27 heavy (non-hydrogen) atoms. The smallest absolute Gasteiger partial charge is 0.244 e. The predicted octanol–water partition coefficient (Wildman–Crippen LogP) is 2.43. The van der Waals surface area contributed by atoms with Crippen LogP contribution in [0.25, 0.3) is 11.4 Å². The topological polar surface area (TPSA) is 98.7 Å². The molecule has 140 valence electrons. The first-order valence-corrected chi connectivity index (χ1v) is 8.65. The van der Waals surface area contributed by atoms with Gasteiger partial charge >= 0.3 is 0 Å². The molecule has 4 rings (SSSR count). The van der Waals surface area contributed by atoms with Crippen LogP contribution in [0.4, 0.5) is 5.69 Å². The maximum atomic E-state index is 11.9. The molecule has 1 heterocycles. The van der Waals surface area contributed by atoms with Gasteiger partial charge in [0.15, 0.2) is 0 Å². The number of anilines is 1. The van der Waals surface area contributed by atoms with Crippen LogP contribution in [0.15, 0.2) is 54.6 Å². The van der Waals surface area contributed by atoms with Crippen LogP contribution in [0, 0.1) is 0 Å². The van der Waals surface area contributed by atoms with Crippen molar-refractivity contribution in [3.8, 4) is 11.4 Å². The Bertz CT molecular complexity index is 905. The molecule has 3 N–H and O–H groups in total. The van der Waals surface area contributed by atoms with E-state index in [1.807, 2.05) is 54.6 Å². The number of halogens is 1. The zero-order chi connectivity index (χ0) is 18.0. The van der Waals surface area contributed by atoms with Crippen molar-refractivity contribution in [3.05, 3.63) is 60.2 Å². The van der Waals surface area contributed by atoms with Gasteiger partial charge in [0.25, 0.3) is 0 Å². The molecule has 1 aliphatic carbocycles. The van der Waals surface area contributed by atoms with E-state index in [-0.39, 0.29) is 18.3 Å². The first-order valence-electron chi connectivity index (χ1n) is 8.65. The summed E-state index contributed by atoms with van der Waals surface area (Å²) in [4.78, 5) is 13.5. The Morgan fingerprint density at radius 2 is 1.81 bits per heavy atom. The first kappa shape index (κ1) is 19.0. The second kappa shape index (κ2) is 7.85. The Kier molecular flexibility index (Phi) is 5.53. The summed E-state index contributed by atoms with van der Waals surface area (Å²) in [6.45, 7) is 0.636. The van der Waals surface area contributed by atoms with Crippen molar-refractivity contribution in [3.63, 3.8) is 0 Å². The van der Waals surface area contributed by atoms with Crippen LogP contribution in [0.1, 0.15) is 18.4 Å². The molecule has 3 aromatic rings. The SMILES string of the molecule is Cl.NC1(C(=O)Nc2ccc(CCn3nnc(-c4ccccc4)n3)cc2)CC1. The van der Waals surface area contributed by atoms with Crippen LogP contribution in [-0.4, -0.2) is 31.7 Å². The number of tetrazole rings is 1. The molecule has 0 atom stereocenters. The fourth-order valence-electron chi connectivity index (χ4n) is 2.64. The average molecular weight is 385 g/mol. The van der Waals surface area contributed by atoms with Crippen LogP contribution >= 0.6 is 12.4 Å². The summed E-state index contributed by atoms with van der Waals surface area (Å²) in [6.07, 6.45) is 2.29. The second-order valence-electron chi connectivity index (χ2n) is 6.63. The van der Waals surface area contributed by atoms with E-state index < -0.39 is 5.54 Å². The van der Waals surface area contributed by atoms with Crippen LogP contribution in [0.2, 0.25) is 0 Å². The summed E-state index contributed by atoms with van der Waals surface area (Å²) < 4.78 is 0. The van der Waals surface area contributed by atoms with E-state index in [1.165, 1.54) is 0 Å². The maximum absolute atomic E-state index is 11.9. The number of nitrogens with zero attached hydrogens (tertiary/aromatic N) is 4. The summed E-state index contributed by atoms with van der Waals surface area (Å²) in [5.74, 6) is 0.518. The van der Waals surface area contributed by atoms with Crippen molar-refractivity contribution in [2.45, 2.75) is 31.3 Å². The fourth-order valence-corrected chi connectivity index (χ4v) is 2.64. The highest BCUT2D eigenvalue weighted by Gasteiger charge is 2.45. The van der Waals surface area contributed by atoms with Crippen LogP contribution in [0.3, 0.4) is 0 Å². The van der Waals surface area contributed by atoms with Crippen LogP contribution < -0.4 is 11.1 Å². The van der Waals surface area contributed by atoms with Gasteiger partial charge in [-0.1, -0.05) is 42.5 Å². The quantitative estimate of drug-likeness (QED) is 0.680. The number of nitrogens with one attached hydrogen (secondary N) is 1. The molecule has 1 amide bonds. The highest BCUT2D eigenvalue weighted by molar-refractivity contribution is 6.00. The minimum absolute atomic E-state index is 0. The first-order chi connectivity index (χ1) is 12.6. The third kappa shape index (κ3) is 4.50. The molecule has 0 radical (unpaired) electrons. The third-order valence-electron chi connectivity index (χ3n) is 4.54. The van der Waals surface area contributed by atoms with Gasteiger partial charge in [0.2, 0.25) is 11.7 Å². The summed E-state index contributed by atoms with van der Waals surface area (Å²) in [5, 5.41) is 15.5. The molecule has 8 heteroatoms. The number of carbonyl (C=O) groups is 1. The molecule has 0 spiro atoms. The molecular weight excluding hydrogens is 364 g/mol. The lowest BCUT2D eigenvalue weighted by molar-refractivity contribution is -0.118. The number of hydrogen-bond acceptors (Lipinski definition) is 5. The number of benzene rings is 2. The fraction of sp³-hybridized carbons (Fsp3) is 0.263. The Labute approximate surface area is 163 Å². The Balaban J connectivity index is 0.00000210. The Morgan fingerprint density at radius 1 is 1.11 bits per heavy atom. The molecule has 0 bridgehead atoms. The molecule has 0 aliphatic heterocycles. The van der Waals surface area contributed by atoms with Gasteiger partial charge in [0.1, 0.15) is 0 Å². The van der Waals surface area contributed by atoms with E-state index in [9.17, 15) is 4.79 Å². The van der Waals surface area contributed by atoms with Crippen molar-refractivity contribution >= 4 is 24.0 Å². The molecular formula is C19H21ClN6O. The van der Waals surface area contributed by atoms with Gasteiger partial charge in [0.05, 0.1) is 12.1 Å². The van der Waals surface area contributed by atoms with Crippen molar-refractivity contribution in [2.24, 2.45) is 5.73 Å². The van der Waals surface area contributed by atoms with E-state index in [0.717, 1.165) is 36.1 Å². The van der Waals surface area contributed by atoms with Gasteiger partial charge in [-0.3, -0.25) is 4.79 Å². The zero-order valence-electron chi connectivity index (χ0n) is 14.7. The number of aryl methyl sites for hydroxylation is 2. The maximum Gasteiger partial charge on any atom is 0.244 e. The molecule has 0 unspecified atom stereocenters. The number of rotatable bonds is 6. The van der Waals surface area contributed by atoms with Crippen molar-refractivity contribution in [2.75, 3.05) is 5.32 Å². The molecule has 7 nitrogen and oxygen atoms in total. The lowest BCUT2D eigenvalue weighted by atomic mass is 10.1. The largest absolute Gasteiger partial charge is 0.324 e. The van der Waals surface area contributed by atoms with Crippen molar-refractivity contribution < 1.29 is 4.79 Å². The molecule has 1 aromatic heterocycles. The Morgan fingerprint density at radius 3 is 2.48 bits per heavy atom.